The number of nitrogens with zero attached hydrogens (tertiary/aromatic N) is 2. The lowest BCUT2D eigenvalue weighted by atomic mass is 9.94. The quantitative estimate of drug-likeness (QED) is 0.745. The van der Waals surface area contributed by atoms with Crippen LogP contribution in [-0.4, -0.2) is 11.5 Å². The minimum absolute atomic E-state index is 0.635. The highest BCUT2D eigenvalue weighted by Gasteiger charge is 2.30. The van der Waals surface area contributed by atoms with Crippen molar-refractivity contribution in [3.63, 3.8) is 0 Å². The van der Waals surface area contributed by atoms with Crippen molar-refractivity contribution in [1.29, 1.82) is 5.26 Å². The number of pyridine rings is 1. The average molecular weight is 199 g/mol. The molecular weight excluding hydrogens is 186 g/mol. The van der Waals surface area contributed by atoms with Crippen molar-refractivity contribution in [3.8, 4) is 6.07 Å². The van der Waals surface area contributed by atoms with Crippen LogP contribution in [0.5, 0.6) is 0 Å². The highest BCUT2D eigenvalue weighted by atomic mass is 14.9. The fourth-order valence-corrected chi connectivity index (χ4v) is 2.37. The van der Waals surface area contributed by atoms with Crippen LogP contribution in [-0.2, 0) is 13.0 Å². The fraction of sp³-hybridized carbons (Fsp3) is 0.500. The predicted molar refractivity (Wildman–Crippen MR) is 56.3 cm³/mol. The molecule has 3 heteroatoms. The Morgan fingerprint density at radius 3 is 3.07 bits per heavy atom. The summed E-state index contributed by atoms with van der Waals surface area (Å²) in [5.74, 6) is 0.635. The molecule has 1 saturated carbocycles. The maximum atomic E-state index is 9.09. The monoisotopic (exact) mass is 199 g/mol. The molecule has 1 N–H and O–H groups in total. The van der Waals surface area contributed by atoms with Gasteiger partial charge in [-0.05, 0) is 29.9 Å². The van der Waals surface area contributed by atoms with Gasteiger partial charge in [-0.2, -0.15) is 5.26 Å². The van der Waals surface area contributed by atoms with Crippen molar-refractivity contribution < 1.29 is 0 Å². The maximum Gasteiger partial charge on any atom is 0.101 e. The molecule has 0 aromatic carbocycles. The Kier molecular flexibility index (Phi) is 1.96. The minimum Gasteiger partial charge on any atom is -0.312 e. The third kappa shape index (κ3) is 1.42. The largest absolute Gasteiger partial charge is 0.312 e. The predicted octanol–water partition coefficient (Wildman–Crippen LogP) is 1.48. The van der Waals surface area contributed by atoms with Gasteiger partial charge in [0, 0.05) is 31.4 Å². The molecule has 1 aromatic rings. The molecule has 1 aromatic heterocycles. The van der Waals surface area contributed by atoms with E-state index in [9.17, 15) is 0 Å². The molecule has 0 amide bonds. The van der Waals surface area contributed by atoms with E-state index in [4.69, 9.17) is 5.26 Å². The minimum atomic E-state index is 0.635. The van der Waals surface area contributed by atoms with Crippen LogP contribution in [0.25, 0.3) is 0 Å². The molecule has 1 fully saturated rings. The smallest absolute Gasteiger partial charge is 0.101 e. The first-order chi connectivity index (χ1) is 7.40. The van der Waals surface area contributed by atoms with Gasteiger partial charge in [0.1, 0.15) is 6.07 Å². The summed E-state index contributed by atoms with van der Waals surface area (Å²) >= 11 is 0. The molecular formula is C12H13N3. The second kappa shape index (κ2) is 3.32. The summed E-state index contributed by atoms with van der Waals surface area (Å²) in [6, 6.07) is 2.28. The number of nitrogens with one attached hydrogen (secondary N) is 1. The number of fused-ring (bicyclic) bond motifs is 1. The van der Waals surface area contributed by atoms with Crippen molar-refractivity contribution in [2.24, 2.45) is 0 Å². The van der Waals surface area contributed by atoms with Gasteiger partial charge in [-0.3, -0.25) is 4.98 Å². The van der Waals surface area contributed by atoms with Crippen molar-refractivity contribution >= 4 is 0 Å². The van der Waals surface area contributed by atoms with Gasteiger partial charge in [0.15, 0.2) is 0 Å². The Labute approximate surface area is 89.1 Å². The summed E-state index contributed by atoms with van der Waals surface area (Å²) in [7, 11) is 0. The Bertz CT molecular complexity index is 441. The zero-order chi connectivity index (χ0) is 10.3. The fourth-order valence-electron chi connectivity index (χ4n) is 2.37. The van der Waals surface area contributed by atoms with Crippen LogP contribution in [0.3, 0.4) is 0 Å². The standard InChI is InChI=1S/C12H13N3/c13-5-9-6-15-11-3-4-14-7-10(11)12(9)8-1-2-8/h6,8,14H,1-4,7H2. The van der Waals surface area contributed by atoms with Gasteiger partial charge in [-0.25, -0.2) is 0 Å². The molecule has 0 spiro atoms. The second-order valence-electron chi connectivity index (χ2n) is 4.32. The van der Waals surface area contributed by atoms with Crippen molar-refractivity contribution in [2.45, 2.75) is 31.7 Å². The van der Waals surface area contributed by atoms with E-state index < -0.39 is 0 Å². The maximum absolute atomic E-state index is 9.09. The Morgan fingerprint density at radius 2 is 2.33 bits per heavy atom. The molecule has 2 heterocycles. The summed E-state index contributed by atoms with van der Waals surface area (Å²) in [6.07, 6.45) is 5.24. The van der Waals surface area contributed by atoms with E-state index in [1.165, 1.54) is 29.7 Å². The van der Waals surface area contributed by atoms with Crippen molar-refractivity contribution in [1.82, 2.24) is 10.3 Å². The number of rotatable bonds is 1. The number of aromatic nitrogens is 1. The molecule has 0 bridgehead atoms. The van der Waals surface area contributed by atoms with Gasteiger partial charge < -0.3 is 5.32 Å². The molecule has 0 unspecified atom stereocenters. The molecule has 0 radical (unpaired) electrons. The van der Waals surface area contributed by atoms with E-state index in [0.29, 0.717) is 5.92 Å². The van der Waals surface area contributed by atoms with E-state index >= 15 is 0 Å². The Hall–Kier alpha value is -1.40. The number of hydrogen-bond acceptors (Lipinski definition) is 3. The lowest BCUT2D eigenvalue weighted by Gasteiger charge is -2.20. The zero-order valence-corrected chi connectivity index (χ0v) is 8.58. The highest BCUT2D eigenvalue weighted by Crippen LogP contribution is 2.44. The summed E-state index contributed by atoms with van der Waals surface area (Å²) in [4.78, 5) is 4.40. The second-order valence-corrected chi connectivity index (χ2v) is 4.32. The molecule has 3 rings (SSSR count). The normalized spacial score (nSPS) is 19.4. The SMILES string of the molecule is N#Cc1cnc2c(c1C1CC1)CNCC2. The van der Waals surface area contributed by atoms with Crippen molar-refractivity contribution in [2.75, 3.05) is 6.54 Å². The topological polar surface area (TPSA) is 48.7 Å². The van der Waals surface area contributed by atoms with Crippen LogP contribution in [0.2, 0.25) is 0 Å². The third-order valence-corrected chi connectivity index (χ3v) is 3.26. The molecule has 15 heavy (non-hydrogen) atoms. The van der Waals surface area contributed by atoms with Gasteiger partial charge in [-0.1, -0.05) is 0 Å². The summed E-state index contributed by atoms with van der Waals surface area (Å²) in [5.41, 5.74) is 4.59. The molecule has 3 nitrogen and oxygen atoms in total. The number of nitriles is 1. The summed E-state index contributed by atoms with van der Waals surface area (Å²) < 4.78 is 0. The third-order valence-electron chi connectivity index (χ3n) is 3.26. The molecule has 1 aliphatic heterocycles. The van der Waals surface area contributed by atoms with E-state index in [0.717, 1.165) is 25.1 Å². The van der Waals surface area contributed by atoms with Crippen molar-refractivity contribution in [3.05, 3.63) is 28.6 Å². The van der Waals surface area contributed by atoms with Crippen LogP contribution in [0.4, 0.5) is 0 Å². The molecule has 76 valence electrons. The molecule has 1 aliphatic carbocycles. The lowest BCUT2D eigenvalue weighted by Crippen LogP contribution is -2.26. The highest BCUT2D eigenvalue weighted by molar-refractivity contribution is 5.47. The first kappa shape index (κ1) is 8.87. The van der Waals surface area contributed by atoms with E-state index in [1.54, 1.807) is 6.20 Å². The van der Waals surface area contributed by atoms with Crippen LogP contribution in [0.15, 0.2) is 6.20 Å². The molecule has 0 atom stereocenters. The van der Waals surface area contributed by atoms with E-state index in [2.05, 4.69) is 16.4 Å². The van der Waals surface area contributed by atoms with Gasteiger partial charge in [0.2, 0.25) is 0 Å². The van der Waals surface area contributed by atoms with Crippen LogP contribution < -0.4 is 5.32 Å². The summed E-state index contributed by atoms with van der Waals surface area (Å²) in [6.45, 7) is 1.90. The molecule has 2 aliphatic rings. The zero-order valence-electron chi connectivity index (χ0n) is 8.58. The van der Waals surface area contributed by atoms with Gasteiger partial charge in [0.25, 0.3) is 0 Å². The Balaban J connectivity index is 2.17. The van der Waals surface area contributed by atoms with Gasteiger partial charge in [0.05, 0.1) is 5.56 Å². The molecule has 0 saturated heterocycles. The van der Waals surface area contributed by atoms with Gasteiger partial charge in [-0.15, -0.1) is 0 Å². The number of hydrogen-bond donors (Lipinski definition) is 1. The van der Waals surface area contributed by atoms with Crippen LogP contribution >= 0.6 is 0 Å². The first-order valence-electron chi connectivity index (χ1n) is 5.51. The van der Waals surface area contributed by atoms with Crippen LogP contribution in [0.1, 0.15) is 41.1 Å². The lowest BCUT2D eigenvalue weighted by molar-refractivity contribution is 0.623. The Morgan fingerprint density at radius 1 is 1.47 bits per heavy atom. The first-order valence-corrected chi connectivity index (χ1v) is 5.51. The van der Waals surface area contributed by atoms with E-state index in [1.807, 2.05) is 0 Å². The summed E-state index contributed by atoms with van der Waals surface area (Å²) in [5, 5.41) is 12.5. The van der Waals surface area contributed by atoms with E-state index in [-0.39, 0.29) is 0 Å². The average Bonchev–Trinajstić information content (AvgIpc) is 3.11. The van der Waals surface area contributed by atoms with Gasteiger partial charge >= 0.3 is 0 Å². The van der Waals surface area contributed by atoms with Crippen LogP contribution in [0, 0.1) is 11.3 Å².